The van der Waals surface area contributed by atoms with E-state index in [9.17, 15) is 9.59 Å². The van der Waals surface area contributed by atoms with Gasteiger partial charge in [0.1, 0.15) is 5.75 Å². The van der Waals surface area contributed by atoms with Crippen molar-refractivity contribution in [2.45, 2.75) is 38.9 Å². The van der Waals surface area contributed by atoms with Crippen molar-refractivity contribution < 1.29 is 19.1 Å². The van der Waals surface area contributed by atoms with E-state index >= 15 is 0 Å². The van der Waals surface area contributed by atoms with Gasteiger partial charge in [0.2, 0.25) is 0 Å². The van der Waals surface area contributed by atoms with Crippen molar-refractivity contribution in [3.05, 3.63) is 59.7 Å². The SMILES string of the molecule is CC(C)Oc1ccccc1C(=O)NC(=S)Nc1ccc(C(=O)NCC2CCCO2)cc1. The zero-order chi connectivity index (χ0) is 22.2. The molecule has 1 heterocycles. The third-order valence-corrected chi connectivity index (χ3v) is 4.84. The molecule has 1 fully saturated rings. The minimum absolute atomic E-state index is 0.0552. The number of thiocarbonyl (C=S) groups is 1. The zero-order valence-corrected chi connectivity index (χ0v) is 18.5. The molecule has 0 aliphatic carbocycles. The summed E-state index contributed by atoms with van der Waals surface area (Å²) < 4.78 is 11.2. The van der Waals surface area contributed by atoms with Crippen molar-refractivity contribution in [2.75, 3.05) is 18.5 Å². The van der Waals surface area contributed by atoms with E-state index in [0.717, 1.165) is 19.4 Å². The van der Waals surface area contributed by atoms with Crippen LogP contribution >= 0.6 is 12.2 Å². The highest BCUT2D eigenvalue weighted by molar-refractivity contribution is 7.80. The fourth-order valence-electron chi connectivity index (χ4n) is 3.16. The van der Waals surface area contributed by atoms with Gasteiger partial charge in [0, 0.05) is 24.4 Å². The highest BCUT2D eigenvalue weighted by Crippen LogP contribution is 2.19. The third kappa shape index (κ3) is 6.77. The Bertz CT molecular complexity index is 925. The summed E-state index contributed by atoms with van der Waals surface area (Å²) in [6.45, 7) is 5.06. The van der Waals surface area contributed by atoms with Crippen molar-refractivity contribution in [1.29, 1.82) is 0 Å². The first-order valence-corrected chi connectivity index (χ1v) is 10.7. The molecule has 1 unspecified atom stereocenters. The Morgan fingerprint density at radius 1 is 1.13 bits per heavy atom. The maximum absolute atomic E-state index is 12.6. The van der Waals surface area contributed by atoms with Gasteiger partial charge in [0.15, 0.2) is 5.11 Å². The first-order valence-electron chi connectivity index (χ1n) is 10.3. The summed E-state index contributed by atoms with van der Waals surface area (Å²) in [6, 6.07) is 13.9. The summed E-state index contributed by atoms with van der Waals surface area (Å²) >= 11 is 5.25. The predicted octanol–water partition coefficient (Wildman–Crippen LogP) is 3.51. The average Bonchev–Trinajstić information content (AvgIpc) is 3.26. The van der Waals surface area contributed by atoms with Crippen molar-refractivity contribution in [3.8, 4) is 5.75 Å². The Labute approximate surface area is 187 Å². The van der Waals surface area contributed by atoms with Gasteiger partial charge in [-0.15, -0.1) is 0 Å². The van der Waals surface area contributed by atoms with Crippen LogP contribution < -0.4 is 20.7 Å². The molecule has 31 heavy (non-hydrogen) atoms. The quantitative estimate of drug-likeness (QED) is 0.570. The van der Waals surface area contributed by atoms with E-state index in [1.54, 1.807) is 42.5 Å². The number of anilines is 1. The fraction of sp³-hybridized carbons (Fsp3) is 0.348. The second-order valence-electron chi connectivity index (χ2n) is 7.49. The Hall–Kier alpha value is -2.97. The maximum atomic E-state index is 12.6. The van der Waals surface area contributed by atoms with Crippen molar-refractivity contribution in [2.24, 2.45) is 0 Å². The number of benzene rings is 2. The van der Waals surface area contributed by atoms with Gasteiger partial charge < -0.3 is 20.1 Å². The molecule has 3 N–H and O–H groups in total. The zero-order valence-electron chi connectivity index (χ0n) is 17.6. The number of amides is 2. The number of para-hydroxylation sites is 1. The molecule has 3 rings (SSSR count). The minimum atomic E-state index is -0.362. The van der Waals surface area contributed by atoms with Crippen molar-refractivity contribution in [3.63, 3.8) is 0 Å². The number of carbonyl (C=O) groups excluding carboxylic acids is 2. The molecule has 164 valence electrons. The lowest BCUT2D eigenvalue weighted by Crippen LogP contribution is -2.34. The Morgan fingerprint density at radius 3 is 2.55 bits per heavy atom. The van der Waals surface area contributed by atoms with Gasteiger partial charge in [-0.05, 0) is 75.3 Å². The van der Waals surface area contributed by atoms with Crippen LogP contribution in [0.25, 0.3) is 0 Å². The smallest absolute Gasteiger partial charge is 0.261 e. The predicted molar refractivity (Wildman–Crippen MR) is 124 cm³/mol. The molecule has 2 aromatic rings. The fourth-order valence-corrected chi connectivity index (χ4v) is 3.37. The van der Waals surface area contributed by atoms with E-state index in [-0.39, 0.29) is 29.1 Å². The molecule has 2 amide bonds. The normalized spacial score (nSPS) is 15.4. The molecule has 1 saturated heterocycles. The van der Waals surface area contributed by atoms with Crippen LogP contribution in [0.15, 0.2) is 48.5 Å². The van der Waals surface area contributed by atoms with Gasteiger partial charge in [0.05, 0.1) is 17.8 Å². The molecule has 1 aliphatic rings. The molecule has 0 bridgehead atoms. The minimum Gasteiger partial charge on any atom is -0.490 e. The van der Waals surface area contributed by atoms with Crippen LogP contribution in [0.4, 0.5) is 5.69 Å². The summed E-state index contributed by atoms with van der Waals surface area (Å²) in [6.07, 6.45) is 2.05. The molecular formula is C23H27N3O4S. The number of hydrogen-bond donors (Lipinski definition) is 3. The van der Waals surface area contributed by atoms with Crippen LogP contribution in [-0.4, -0.2) is 42.3 Å². The van der Waals surface area contributed by atoms with Crippen LogP contribution in [0.1, 0.15) is 47.4 Å². The molecule has 1 atom stereocenters. The number of nitrogens with one attached hydrogen (secondary N) is 3. The van der Waals surface area contributed by atoms with Crippen molar-refractivity contribution >= 4 is 34.8 Å². The van der Waals surface area contributed by atoms with Gasteiger partial charge in [-0.2, -0.15) is 0 Å². The van der Waals surface area contributed by atoms with Crippen molar-refractivity contribution in [1.82, 2.24) is 10.6 Å². The number of carbonyl (C=O) groups is 2. The van der Waals surface area contributed by atoms with E-state index in [1.165, 1.54) is 0 Å². The Kier molecular flexibility index (Phi) is 7.97. The van der Waals surface area contributed by atoms with E-state index in [2.05, 4.69) is 16.0 Å². The standard InChI is InChI=1S/C23H27N3O4S/c1-15(2)30-20-8-4-3-7-19(20)22(28)26-23(31)25-17-11-9-16(10-12-17)21(27)24-14-18-6-5-13-29-18/h3-4,7-12,15,18H,5-6,13-14H2,1-2H3,(H,24,27)(H2,25,26,28,31). The molecule has 8 heteroatoms. The second kappa shape index (κ2) is 10.9. The third-order valence-electron chi connectivity index (χ3n) is 4.64. The van der Waals surface area contributed by atoms with Gasteiger partial charge in [-0.25, -0.2) is 0 Å². The molecule has 0 aromatic heterocycles. The summed E-state index contributed by atoms with van der Waals surface area (Å²) in [5, 5.41) is 8.65. The lowest BCUT2D eigenvalue weighted by Gasteiger charge is -2.15. The van der Waals surface area contributed by atoms with E-state index in [0.29, 0.717) is 29.1 Å². The topological polar surface area (TPSA) is 88.7 Å². The lowest BCUT2D eigenvalue weighted by molar-refractivity contribution is 0.0857. The van der Waals surface area contributed by atoms with Gasteiger partial charge >= 0.3 is 0 Å². The summed E-state index contributed by atoms with van der Waals surface area (Å²) in [5.74, 6) is -0.0188. The Morgan fingerprint density at radius 2 is 1.87 bits per heavy atom. The highest BCUT2D eigenvalue weighted by Gasteiger charge is 2.17. The second-order valence-corrected chi connectivity index (χ2v) is 7.90. The average molecular weight is 442 g/mol. The van der Waals surface area contributed by atoms with E-state index in [4.69, 9.17) is 21.7 Å². The monoisotopic (exact) mass is 441 g/mol. The molecular weight excluding hydrogens is 414 g/mol. The van der Waals surface area contributed by atoms with Crippen LogP contribution in [-0.2, 0) is 4.74 Å². The highest BCUT2D eigenvalue weighted by atomic mass is 32.1. The molecule has 1 aliphatic heterocycles. The molecule has 0 spiro atoms. The molecule has 0 radical (unpaired) electrons. The maximum Gasteiger partial charge on any atom is 0.261 e. The first kappa shape index (κ1) is 22.7. The van der Waals surface area contributed by atoms with Crippen LogP contribution in [0, 0.1) is 0 Å². The number of rotatable bonds is 7. The largest absolute Gasteiger partial charge is 0.490 e. The van der Waals surface area contributed by atoms with Crippen LogP contribution in [0.2, 0.25) is 0 Å². The van der Waals surface area contributed by atoms with Gasteiger partial charge in [0.25, 0.3) is 11.8 Å². The Balaban J connectivity index is 1.52. The van der Waals surface area contributed by atoms with E-state index in [1.807, 2.05) is 19.9 Å². The van der Waals surface area contributed by atoms with Crippen LogP contribution in [0.3, 0.4) is 0 Å². The summed E-state index contributed by atoms with van der Waals surface area (Å²) in [7, 11) is 0. The first-order chi connectivity index (χ1) is 14.9. The van der Waals surface area contributed by atoms with Crippen LogP contribution in [0.5, 0.6) is 5.75 Å². The number of ether oxygens (including phenoxy) is 2. The van der Waals surface area contributed by atoms with Gasteiger partial charge in [-0.1, -0.05) is 12.1 Å². The summed E-state index contributed by atoms with van der Waals surface area (Å²) in [5.41, 5.74) is 1.60. The summed E-state index contributed by atoms with van der Waals surface area (Å²) in [4.78, 5) is 24.9. The molecule has 0 saturated carbocycles. The number of hydrogen-bond acceptors (Lipinski definition) is 5. The van der Waals surface area contributed by atoms with Gasteiger partial charge in [-0.3, -0.25) is 14.9 Å². The van der Waals surface area contributed by atoms with E-state index < -0.39 is 0 Å². The molecule has 7 nitrogen and oxygen atoms in total. The molecule has 2 aromatic carbocycles. The lowest BCUT2D eigenvalue weighted by atomic mass is 10.2.